The van der Waals surface area contributed by atoms with Gasteiger partial charge in [-0.2, -0.15) is 0 Å². The topological polar surface area (TPSA) is 17.1 Å². The lowest BCUT2D eigenvalue weighted by Crippen LogP contribution is -2.55. The van der Waals surface area contributed by atoms with E-state index >= 15 is 0 Å². The van der Waals surface area contributed by atoms with Gasteiger partial charge in [0.15, 0.2) is 0 Å². The molecule has 1 aromatic carbocycles. The monoisotopic (exact) mass is 290 g/mol. The summed E-state index contributed by atoms with van der Waals surface area (Å²) in [5.41, 5.74) is 1.25. The zero-order valence-electron chi connectivity index (χ0n) is 14.6. The molecule has 0 bridgehead atoms. The number of carbonyl (C=O) groups excluding carboxylic acids is 1. The molecule has 0 unspecified atom stereocenters. The van der Waals surface area contributed by atoms with Crippen molar-refractivity contribution in [2.24, 2.45) is 11.8 Å². The molecule has 1 rings (SSSR count). The minimum Gasteiger partial charge on any atom is -0.257 e. The van der Waals surface area contributed by atoms with Gasteiger partial charge in [-0.25, -0.2) is 4.79 Å². The average Bonchev–Trinajstić information content (AvgIpc) is 2.52. The van der Waals surface area contributed by atoms with Gasteiger partial charge in [-0.05, 0) is 26.7 Å². The number of amides is 1. The molecule has 0 saturated carbocycles. The molecule has 2 nitrogen and oxygen atoms in total. The van der Waals surface area contributed by atoms with Gasteiger partial charge in [0.05, 0.1) is 19.5 Å². The van der Waals surface area contributed by atoms with Gasteiger partial charge in [-0.15, -0.1) is 0 Å². The smallest absolute Gasteiger partial charge is 0.257 e. The molecule has 0 spiro atoms. The maximum atomic E-state index is 13.0. The first-order chi connectivity index (χ1) is 9.86. The largest absolute Gasteiger partial charge is 0.316 e. The Kier molecular flexibility index (Phi) is 6.60. The van der Waals surface area contributed by atoms with E-state index in [-0.39, 0.29) is 12.0 Å². The highest BCUT2D eigenvalue weighted by Gasteiger charge is 2.41. The Morgan fingerprint density at radius 3 is 2.10 bits per heavy atom. The Morgan fingerprint density at radius 1 is 1.05 bits per heavy atom. The Morgan fingerprint density at radius 2 is 1.62 bits per heavy atom. The first-order valence-corrected chi connectivity index (χ1v) is 8.31. The molecule has 21 heavy (non-hydrogen) atoms. The van der Waals surface area contributed by atoms with E-state index in [0.29, 0.717) is 16.3 Å². The maximum absolute atomic E-state index is 13.0. The number of rotatable bonds is 7. The summed E-state index contributed by atoms with van der Waals surface area (Å²) in [6, 6.07) is 10.6. The van der Waals surface area contributed by atoms with Gasteiger partial charge < -0.3 is 0 Å². The van der Waals surface area contributed by atoms with Crippen molar-refractivity contribution in [2.75, 3.05) is 13.6 Å². The number of nitrogens with zero attached hydrogens (tertiary/aromatic N) is 1. The lowest BCUT2D eigenvalue weighted by atomic mass is 9.96. The summed E-state index contributed by atoms with van der Waals surface area (Å²) in [6.07, 6.45) is 2.03. The first-order valence-electron chi connectivity index (χ1n) is 8.31. The minimum absolute atomic E-state index is 0.116. The molecule has 0 radical (unpaired) electrons. The molecule has 0 heterocycles. The third kappa shape index (κ3) is 4.16. The van der Waals surface area contributed by atoms with Crippen LogP contribution in [0.1, 0.15) is 59.1 Å². The standard InChI is InChI=1S/C19H32NO/c1-7-15(3)14-20(6,19(21)16(4)8-2)17(5)18-12-10-9-11-13-18/h9-13,15-17H,7-8,14H2,1-6H3/q+1/t15-,16-,17+,20-/m0/s1. The Balaban J connectivity index is 3.15. The maximum Gasteiger partial charge on any atom is 0.316 e. The molecule has 0 aliphatic carbocycles. The van der Waals surface area contributed by atoms with Crippen LogP contribution in [0.2, 0.25) is 0 Å². The van der Waals surface area contributed by atoms with Gasteiger partial charge in [0.2, 0.25) is 0 Å². The summed E-state index contributed by atoms with van der Waals surface area (Å²) < 4.78 is 0.508. The van der Waals surface area contributed by atoms with E-state index in [1.807, 2.05) is 6.07 Å². The molecule has 0 fully saturated rings. The number of benzene rings is 1. The zero-order valence-corrected chi connectivity index (χ0v) is 14.6. The number of carbonyl (C=O) groups is 1. The molecular formula is C19H32NO+. The number of hydrogen-bond donors (Lipinski definition) is 0. The lowest BCUT2D eigenvalue weighted by Gasteiger charge is -2.40. The van der Waals surface area contributed by atoms with Gasteiger partial charge in [-0.3, -0.25) is 4.48 Å². The van der Waals surface area contributed by atoms with Crippen molar-refractivity contribution >= 4 is 5.91 Å². The molecule has 1 aromatic rings. The van der Waals surface area contributed by atoms with Crippen LogP contribution in [0.5, 0.6) is 0 Å². The van der Waals surface area contributed by atoms with Gasteiger partial charge in [-0.1, -0.05) is 51.1 Å². The van der Waals surface area contributed by atoms with E-state index in [2.05, 4.69) is 65.9 Å². The van der Waals surface area contributed by atoms with Crippen molar-refractivity contribution in [1.29, 1.82) is 0 Å². The fourth-order valence-electron chi connectivity index (χ4n) is 2.95. The van der Waals surface area contributed by atoms with Crippen molar-refractivity contribution in [3.8, 4) is 0 Å². The van der Waals surface area contributed by atoms with Crippen molar-refractivity contribution < 1.29 is 9.28 Å². The zero-order chi connectivity index (χ0) is 16.0. The third-order valence-corrected chi connectivity index (χ3v) is 5.06. The fourth-order valence-corrected chi connectivity index (χ4v) is 2.95. The van der Waals surface area contributed by atoms with Crippen LogP contribution in [-0.2, 0) is 4.79 Å². The average molecular weight is 290 g/mol. The van der Waals surface area contributed by atoms with Gasteiger partial charge in [0.25, 0.3) is 0 Å². The highest BCUT2D eigenvalue weighted by atomic mass is 16.2. The second-order valence-electron chi connectivity index (χ2n) is 6.70. The quantitative estimate of drug-likeness (QED) is 0.658. The van der Waals surface area contributed by atoms with Gasteiger partial charge in [0.1, 0.15) is 6.04 Å². The van der Waals surface area contributed by atoms with Crippen LogP contribution in [0, 0.1) is 11.8 Å². The predicted molar refractivity (Wildman–Crippen MR) is 89.8 cm³/mol. The Hall–Kier alpha value is -1.15. The summed E-state index contributed by atoms with van der Waals surface area (Å²) in [5, 5.41) is 0. The van der Waals surface area contributed by atoms with Crippen LogP contribution in [0.4, 0.5) is 0 Å². The van der Waals surface area contributed by atoms with Crippen molar-refractivity contribution in [3.05, 3.63) is 35.9 Å². The fraction of sp³-hybridized carbons (Fsp3) is 0.632. The highest BCUT2D eigenvalue weighted by Crippen LogP contribution is 2.31. The van der Waals surface area contributed by atoms with Crippen LogP contribution in [0.15, 0.2) is 30.3 Å². The lowest BCUT2D eigenvalue weighted by molar-refractivity contribution is -0.869. The molecule has 0 N–H and O–H groups in total. The molecule has 2 heteroatoms. The van der Waals surface area contributed by atoms with E-state index in [4.69, 9.17) is 0 Å². The SMILES string of the molecule is CC[C@H](C)C[N@+](C)(C(=O)[C@@H](C)CC)[C@H](C)c1ccccc1. The summed E-state index contributed by atoms with van der Waals surface area (Å²) in [4.78, 5) is 13.0. The highest BCUT2D eigenvalue weighted by molar-refractivity contribution is 5.71. The first kappa shape index (κ1) is 17.9. The summed E-state index contributed by atoms with van der Waals surface area (Å²) >= 11 is 0. The molecule has 1 amide bonds. The predicted octanol–water partition coefficient (Wildman–Crippen LogP) is 4.81. The van der Waals surface area contributed by atoms with Crippen LogP contribution in [0.25, 0.3) is 0 Å². The second kappa shape index (κ2) is 7.74. The molecular weight excluding hydrogens is 258 g/mol. The normalized spacial score (nSPS) is 18.6. The Labute approximate surface area is 130 Å². The molecule has 0 saturated heterocycles. The summed E-state index contributed by atoms with van der Waals surface area (Å²) in [6.45, 7) is 11.7. The second-order valence-corrected chi connectivity index (χ2v) is 6.70. The summed E-state index contributed by atoms with van der Waals surface area (Å²) in [7, 11) is 2.12. The molecule has 118 valence electrons. The third-order valence-electron chi connectivity index (χ3n) is 5.06. The van der Waals surface area contributed by atoms with Crippen LogP contribution < -0.4 is 0 Å². The molecule has 0 aromatic heterocycles. The van der Waals surface area contributed by atoms with Gasteiger partial charge in [0, 0.05) is 11.5 Å². The van der Waals surface area contributed by atoms with Crippen molar-refractivity contribution in [2.45, 2.75) is 53.5 Å². The van der Waals surface area contributed by atoms with Crippen LogP contribution in [0.3, 0.4) is 0 Å². The van der Waals surface area contributed by atoms with Crippen LogP contribution >= 0.6 is 0 Å². The van der Waals surface area contributed by atoms with Crippen molar-refractivity contribution in [3.63, 3.8) is 0 Å². The molecule has 4 atom stereocenters. The van der Waals surface area contributed by atoms with Crippen LogP contribution in [-0.4, -0.2) is 24.0 Å². The van der Waals surface area contributed by atoms with E-state index in [0.717, 1.165) is 19.4 Å². The number of hydrogen-bond acceptors (Lipinski definition) is 1. The molecule has 0 aliphatic rings. The van der Waals surface area contributed by atoms with E-state index in [1.54, 1.807) is 0 Å². The van der Waals surface area contributed by atoms with Gasteiger partial charge >= 0.3 is 5.91 Å². The van der Waals surface area contributed by atoms with Crippen molar-refractivity contribution in [1.82, 2.24) is 0 Å². The number of quaternary nitrogens is 1. The van der Waals surface area contributed by atoms with E-state index < -0.39 is 0 Å². The molecule has 0 aliphatic heterocycles. The Bertz CT molecular complexity index is 442. The van der Waals surface area contributed by atoms with E-state index in [1.165, 1.54) is 5.56 Å². The minimum atomic E-state index is 0.116. The summed E-state index contributed by atoms with van der Waals surface area (Å²) in [5.74, 6) is 1.04. The van der Waals surface area contributed by atoms with E-state index in [9.17, 15) is 4.79 Å².